The van der Waals surface area contributed by atoms with Crippen LogP contribution < -0.4 is 5.73 Å². The summed E-state index contributed by atoms with van der Waals surface area (Å²) in [6.45, 7) is 2.38. The van der Waals surface area contributed by atoms with Crippen LogP contribution in [0, 0.1) is 11.8 Å². The molecule has 1 unspecified atom stereocenters. The number of phosphoric acid groups is 1. The molecular weight excluding hydrogens is 757 g/mol. The zero-order valence-electron chi connectivity index (χ0n) is 34.4. The first-order valence-electron chi connectivity index (χ1n) is 21.1. The minimum absolute atomic E-state index is 0.0289. The first-order chi connectivity index (χ1) is 27.3. The lowest BCUT2D eigenvalue weighted by Crippen LogP contribution is -2.34. The predicted octanol–water partition coefficient (Wildman–Crippen LogP) is 7.42. The van der Waals surface area contributed by atoms with Gasteiger partial charge in [-0.25, -0.2) is 4.57 Å². The van der Waals surface area contributed by atoms with E-state index in [4.69, 9.17) is 24.8 Å². The molecule has 0 aliphatic heterocycles. The van der Waals surface area contributed by atoms with Crippen molar-refractivity contribution in [2.24, 2.45) is 17.6 Å². The highest BCUT2D eigenvalue weighted by atomic mass is 31.2. The summed E-state index contributed by atoms with van der Waals surface area (Å²) in [7, 11) is -4.78. The molecular formula is C42H72NO13P. The minimum Gasteiger partial charge on any atom is -0.480 e. The van der Waals surface area contributed by atoms with Gasteiger partial charge in [-0.1, -0.05) is 108 Å². The molecule has 0 saturated heterocycles. The number of nitrogens with two attached hydrogens (primary N) is 1. The smallest absolute Gasteiger partial charge is 0.472 e. The summed E-state index contributed by atoms with van der Waals surface area (Å²) in [5.41, 5.74) is 5.32. The van der Waals surface area contributed by atoms with Crippen LogP contribution in [0.2, 0.25) is 0 Å². The Morgan fingerprint density at radius 1 is 0.807 bits per heavy atom. The third-order valence-electron chi connectivity index (χ3n) is 9.74. The lowest BCUT2D eigenvalue weighted by Gasteiger charge is -2.20. The van der Waals surface area contributed by atoms with Crippen molar-refractivity contribution in [2.45, 2.75) is 173 Å². The molecule has 328 valence electrons. The van der Waals surface area contributed by atoms with Gasteiger partial charge in [-0.3, -0.25) is 28.2 Å². The highest BCUT2D eigenvalue weighted by Crippen LogP contribution is 2.43. The van der Waals surface area contributed by atoms with Crippen LogP contribution in [0.15, 0.2) is 36.5 Å². The SMILES string of the molecule is CCCCCC/C=C\CCCCCCCC(=O)O[C@H](COC(=O)CCC/C=C\C[C@H]1[C@@H](O)CC(=O)[C@@H]1/C=C/[C@@H](O)CCCCC)COP(=O)(O)OC[C@H](N)C(=O)O. The van der Waals surface area contributed by atoms with Crippen LogP contribution in [0.25, 0.3) is 0 Å². The summed E-state index contributed by atoms with van der Waals surface area (Å²) in [5.74, 6) is -3.43. The number of carboxylic acids is 1. The maximum Gasteiger partial charge on any atom is 0.472 e. The van der Waals surface area contributed by atoms with Gasteiger partial charge in [0.2, 0.25) is 0 Å². The number of rotatable bonds is 35. The lowest BCUT2D eigenvalue weighted by molar-refractivity contribution is -0.161. The molecule has 0 amide bonds. The molecule has 14 nitrogen and oxygen atoms in total. The van der Waals surface area contributed by atoms with Gasteiger partial charge in [-0.05, 0) is 57.8 Å². The summed E-state index contributed by atoms with van der Waals surface area (Å²) in [5, 5.41) is 29.6. The summed E-state index contributed by atoms with van der Waals surface area (Å²) < 4.78 is 32.6. The second kappa shape index (κ2) is 32.2. The number of esters is 2. The quantitative estimate of drug-likeness (QED) is 0.0181. The van der Waals surface area contributed by atoms with Gasteiger partial charge < -0.3 is 35.4 Å². The molecule has 1 rings (SSSR count). The van der Waals surface area contributed by atoms with Gasteiger partial charge in [0.05, 0.1) is 25.4 Å². The number of hydrogen-bond donors (Lipinski definition) is 5. The van der Waals surface area contributed by atoms with Gasteiger partial charge in [0.1, 0.15) is 18.4 Å². The van der Waals surface area contributed by atoms with Crippen LogP contribution in [-0.2, 0) is 42.3 Å². The Labute approximate surface area is 340 Å². The number of unbranched alkanes of at least 4 members (excludes halogenated alkanes) is 12. The standard InChI is InChI=1S/C42H72NO13P/c1-3-5-7-8-9-10-11-12-13-14-15-16-22-26-41(48)56-34(31-54-57(51,52)55-32-37(43)42(49)50)30-53-40(47)25-21-18-17-20-24-35-36(39(46)29-38(35)45)28-27-33(44)23-19-6-4-2/h10-11,17,20,27-28,33-38,44-45H,3-9,12-16,18-19,21-26,29-32,43H2,1-2H3,(H,49,50)(H,51,52)/b11-10-,20-17-,28-27+/t33-,34+,35+,36+,37-,38-/m0/s1. The van der Waals surface area contributed by atoms with Crippen molar-refractivity contribution in [3.05, 3.63) is 36.5 Å². The van der Waals surface area contributed by atoms with Crippen molar-refractivity contribution in [1.82, 2.24) is 0 Å². The Hall–Kier alpha value is -2.71. The van der Waals surface area contributed by atoms with E-state index >= 15 is 0 Å². The molecule has 6 N–H and O–H groups in total. The molecule has 0 aromatic heterocycles. The average molecular weight is 830 g/mol. The highest BCUT2D eigenvalue weighted by molar-refractivity contribution is 7.47. The number of aliphatic carboxylic acids is 1. The van der Waals surface area contributed by atoms with Gasteiger partial charge in [0, 0.05) is 31.1 Å². The molecule has 0 aromatic carbocycles. The van der Waals surface area contributed by atoms with Crippen LogP contribution >= 0.6 is 7.82 Å². The monoisotopic (exact) mass is 829 g/mol. The van der Waals surface area contributed by atoms with E-state index in [0.29, 0.717) is 32.1 Å². The minimum atomic E-state index is -4.78. The van der Waals surface area contributed by atoms with Gasteiger partial charge in [-0.2, -0.15) is 0 Å². The fourth-order valence-electron chi connectivity index (χ4n) is 6.27. The molecule has 1 aliphatic carbocycles. The molecule has 0 bridgehead atoms. The second-order valence-corrected chi connectivity index (χ2v) is 16.4. The number of aliphatic hydroxyl groups excluding tert-OH is 2. The predicted molar refractivity (Wildman–Crippen MR) is 218 cm³/mol. The number of allylic oxidation sites excluding steroid dienone is 5. The van der Waals surface area contributed by atoms with Crippen LogP contribution in [0.5, 0.6) is 0 Å². The van der Waals surface area contributed by atoms with Crippen LogP contribution in [0.1, 0.15) is 149 Å². The molecule has 0 spiro atoms. The van der Waals surface area contributed by atoms with Gasteiger partial charge in [-0.15, -0.1) is 0 Å². The fourth-order valence-corrected chi connectivity index (χ4v) is 7.05. The van der Waals surface area contributed by atoms with E-state index < -0.39 is 75.8 Å². The van der Waals surface area contributed by atoms with Crippen molar-refractivity contribution in [2.75, 3.05) is 19.8 Å². The van der Waals surface area contributed by atoms with E-state index in [2.05, 4.69) is 30.5 Å². The van der Waals surface area contributed by atoms with E-state index in [-0.39, 0.29) is 31.0 Å². The van der Waals surface area contributed by atoms with E-state index in [1.54, 1.807) is 12.2 Å². The van der Waals surface area contributed by atoms with Crippen molar-refractivity contribution < 1.29 is 62.5 Å². The van der Waals surface area contributed by atoms with E-state index in [1.165, 1.54) is 25.7 Å². The first-order valence-corrected chi connectivity index (χ1v) is 22.6. The Bertz CT molecular complexity index is 1270. The number of aliphatic hydroxyl groups is 2. The Morgan fingerprint density at radius 2 is 1.39 bits per heavy atom. The van der Waals surface area contributed by atoms with Crippen molar-refractivity contribution >= 4 is 31.5 Å². The molecule has 0 radical (unpaired) electrons. The summed E-state index contributed by atoms with van der Waals surface area (Å²) >= 11 is 0. The van der Waals surface area contributed by atoms with Crippen LogP contribution in [0.3, 0.4) is 0 Å². The number of ketones is 1. The normalized spacial score (nSPS) is 20.0. The van der Waals surface area contributed by atoms with E-state index in [1.807, 2.05) is 12.2 Å². The van der Waals surface area contributed by atoms with Crippen molar-refractivity contribution in [3.8, 4) is 0 Å². The van der Waals surface area contributed by atoms with E-state index in [9.17, 15) is 38.8 Å². The Kier molecular flexibility index (Phi) is 29.5. The number of ether oxygens (including phenoxy) is 2. The lowest BCUT2D eigenvalue weighted by atomic mass is 9.90. The molecule has 1 fully saturated rings. The molecule has 1 aliphatic rings. The van der Waals surface area contributed by atoms with Crippen molar-refractivity contribution in [3.63, 3.8) is 0 Å². The van der Waals surface area contributed by atoms with Crippen LogP contribution in [-0.4, -0.2) is 88.1 Å². The number of Topliss-reactive ketones (excluding diaryl/α,β-unsaturated/α-hetero) is 1. The third kappa shape index (κ3) is 26.8. The zero-order valence-corrected chi connectivity index (χ0v) is 35.3. The number of carbonyl (C=O) groups is 4. The summed E-state index contributed by atoms with van der Waals surface area (Å²) in [6.07, 6.45) is 25.9. The highest BCUT2D eigenvalue weighted by Gasteiger charge is 2.39. The number of carboxylic acid groups (broad SMARTS) is 1. The maximum absolute atomic E-state index is 12.6. The number of carbonyl (C=O) groups excluding carboxylic acids is 3. The molecule has 1 saturated carbocycles. The second-order valence-electron chi connectivity index (χ2n) is 14.9. The number of hydrogen-bond acceptors (Lipinski definition) is 12. The van der Waals surface area contributed by atoms with Gasteiger partial charge in [0.15, 0.2) is 6.10 Å². The molecule has 7 atom stereocenters. The third-order valence-corrected chi connectivity index (χ3v) is 10.7. The fraction of sp³-hybridized carbons (Fsp3) is 0.762. The van der Waals surface area contributed by atoms with Crippen molar-refractivity contribution in [1.29, 1.82) is 0 Å². The summed E-state index contributed by atoms with van der Waals surface area (Å²) in [4.78, 5) is 58.5. The Morgan fingerprint density at radius 3 is 2.07 bits per heavy atom. The Balaban J connectivity index is 2.54. The largest absolute Gasteiger partial charge is 0.480 e. The van der Waals surface area contributed by atoms with Gasteiger partial charge in [0.25, 0.3) is 0 Å². The number of phosphoric ester groups is 1. The molecule has 57 heavy (non-hydrogen) atoms. The summed E-state index contributed by atoms with van der Waals surface area (Å²) in [6, 6.07) is -1.56. The van der Waals surface area contributed by atoms with Gasteiger partial charge >= 0.3 is 25.7 Å². The van der Waals surface area contributed by atoms with Crippen LogP contribution in [0.4, 0.5) is 0 Å². The molecule has 0 aromatic rings. The van der Waals surface area contributed by atoms with E-state index in [0.717, 1.165) is 57.8 Å². The average Bonchev–Trinajstić information content (AvgIpc) is 3.44. The first kappa shape index (κ1) is 52.3. The molecule has 0 heterocycles. The zero-order chi connectivity index (χ0) is 42.3. The maximum atomic E-state index is 12.6. The molecule has 15 heteroatoms. The topological polar surface area (TPSA) is 229 Å².